The molecule has 6 nitrogen and oxygen atoms in total. The molecule has 0 N–H and O–H groups in total. The van der Waals surface area contributed by atoms with Crippen LogP contribution in [-0.2, 0) is 19.2 Å². The maximum atomic E-state index is 11.9. The average molecular weight is 699 g/mol. The molecule has 1 aliphatic carbocycles. The molecule has 0 spiro atoms. The van der Waals surface area contributed by atoms with Gasteiger partial charge in [0.25, 0.3) is 0 Å². The van der Waals surface area contributed by atoms with Crippen molar-refractivity contribution in [2.75, 3.05) is 13.1 Å². The van der Waals surface area contributed by atoms with E-state index in [2.05, 4.69) is 13.8 Å². The summed E-state index contributed by atoms with van der Waals surface area (Å²) >= 11 is 0. The van der Waals surface area contributed by atoms with Crippen molar-refractivity contribution in [2.45, 2.75) is 219 Å². The van der Waals surface area contributed by atoms with Crippen LogP contribution in [-0.4, -0.2) is 46.5 Å². The van der Waals surface area contributed by atoms with Gasteiger partial charge < -0.3 is 0 Å². The first-order chi connectivity index (χ1) is 24.5. The van der Waals surface area contributed by atoms with Crippen LogP contribution in [0.5, 0.6) is 0 Å². The SMILES string of the molecule is CCCCCCCCC1C(CCCCCC)CCC(CCCCCCCCN2C(=O)CCC2=O)C1CCCCCCCCN1C(=O)CCC1=O. The van der Waals surface area contributed by atoms with Crippen molar-refractivity contribution in [3.8, 4) is 0 Å². The van der Waals surface area contributed by atoms with Crippen LogP contribution in [0, 0.1) is 23.7 Å². The van der Waals surface area contributed by atoms with Gasteiger partial charge in [0.05, 0.1) is 0 Å². The molecule has 0 bridgehead atoms. The number of nitrogens with zero attached hydrogens (tertiary/aromatic N) is 2. The maximum absolute atomic E-state index is 11.9. The van der Waals surface area contributed by atoms with Crippen LogP contribution in [0.2, 0.25) is 0 Å². The van der Waals surface area contributed by atoms with Gasteiger partial charge in [-0.05, 0) is 62.2 Å². The lowest BCUT2D eigenvalue weighted by molar-refractivity contribution is -0.140. The van der Waals surface area contributed by atoms with Gasteiger partial charge in [0, 0.05) is 38.8 Å². The highest BCUT2D eigenvalue weighted by molar-refractivity contribution is 6.02. The molecule has 0 aromatic heterocycles. The van der Waals surface area contributed by atoms with Gasteiger partial charge in [0.15, 0.2) is 0 Å². The Morgan fingerprint density at radius 2 is 0.660 bits per heavy atom. The molecular formula is C44H78N2O4. The summed E-state index contributed by atoms with van der Waals surface area (Å²) in [7, 11) is 0. The van der Waals surface area contributed by atoms with Gasteiger partial charge >= 0.3 is 0 Å². The summed E-state index contributed by atoms with van der Waals surface area (Å²) in [5.74, 6) is 3.78. The van der Waals surface area contributed by atoms with Crippen molar-refractivity contribution >= 4 is 23.6 Å². The Kier molecular flexibility index (Phi) is 22.3. The van der Waals surface area contributed by atoms with Crippen molar-refractivity contribution in [3.05, 3.63) is 0 Å². The van der Waals surface area contributed by atoms with Crippen LogP contribution >= 0.6 is 0 Å². The molecule has 0 aromatic carbocycles. The molecule has 2 saturated heterocycles. The third-order valence-corrected chi connectivity index (χ3v) is 12.7. The first kappa shape index (κ1) is 42.7. The Morgan fingerprint density at radius 3 is 1.02 bits per heavy atom. The van der Waals surface area contributed by atoms with E-state index in [-0.39, 0.29) is 23.6 Å². The average Bonchev–Trinajstić information content (AvgIpc) is 3.61. The van der Waals surface area contributed by atoms with Crippen LogP contribution in [0.1, 0.15) is 219 Å². The number of imide groups is 2. The Labute approximate surface area is 308 Å². The van der Waals surface area contributed by atoms with Gasteiger partial charge in [0.1, 0.15) is 0 Å². The number of hydrogen-bond acceptors (Lipinski definition) is 4. The fourth-order valence-electron chi connectivity index (χ4n) is 9.65. The predicted molar refractivity (Wildman–Crippen MR) is 206 cm³/mol. The fraction of sp³-hybridized carbons (Fsp3) is 0.909. The van der Waals surface area contributed by atoms with Crippen LogP contribution < -0.4 is 0 Å². The Morgan fingerprint density at radius 1 is 0.380 bits per heavy atom. The smallest absolute Gasteiger partial charge is 0.229 e. The quantitative estimate of drug-likeness (QED) is 0.0553. The zero-order valence-corrected chi connectivity index (χ0v) is 32.9. The second kappa shape index (κ2) is 26.1. The van der Waals surface area contributed by atoms with E-state index >= 15 is 0 Å². The summed E-state index contributed by atoms with van der Waals surface area (Å²) in [6.07, 6.45) is 38.8. The number of likely N-dealkylation sites (tertiary alicyclic amines) is 2. The zero-order chi connectivity index (χ0) is 35.8. The Hall–Kier alpha value is -1.72. The third-order valence-electron chi connectivity index (χ3n) is 12.7. The molecule has 6 heteroatoms. The van der Waals surface area contributed by atoms with E-state index in [0.717, 1.165) is 49.4 Å². The number of unbranched alkanes of at least 4 members (excludes halogenated alkanes) is 18. The molecule has 3 fully saturated rings. The summed E-state index contributed by atoms with van der Waals surface area (Å²) in [5.41, 5.74) is 0. The largest absolute Gasteiger partial charge is 0.283 e. The number of amides is 4. The second-order valence-electron chi connectivity index (χ2n) is 16.5. The van der Waals surface area contributed by atoms with Crippen molar-refractivity contribution in [2.24, 2.45) is 23.7 Å². The van der Waals surface area contributed by atoms with Gasteiger partial charge in [-0.2, -0.15) is 0 Å². The molecule has 4 unspecified atom stereocenters. The molecule has 3 aliphatic rings. The second-order valence-corrected chi connectivity index (χ2v) is 16.5. The van der Waals surface area contributed by atoms with Crippen LogP contribution in [0.4, 0.5) is 0 Å². The van der Waals surface area contributed by atoms with Crippen LogP contribution in [0.3, 0.4) is 0 Å². The Bertz CT molecular complexity index is 934. The number of carbonyl (C=O) groups excluding carboxylic acids is 4. The Balaban J connectivity index is 1.45. The predicted octanol–water partition coefficient (Wildman–Crippen LogP) is 11.7. The van der Waals surface area contributed by atoms with E-state index in [1.54, 1.807) is 0 Å². The van der Waals surface area contributed by atoms with E-state index in [1.807, 2.05) is 0 Å². The minimum Gasteiger partial charge on any atom is -0.283 e. The fourth-order valence-corrected chi connectivity index (χ4v) is 9.65. The van der Waals surface area contributed by atoms with Crippen LogP contribution in [0.25, 0.3) is 0 Å². The highest BCUT2D eigenvalue weighted by Crippen LogP contribution is 2.48. The number of rotatable bonds is 30. The summed E-state index contributed by atoms with van der Waals surface area (Å²) < 4.78 is 0. The highest BCUT2D eigenvalue weighted by atomic mass is 16.2. The molecule has 288 valence electrons. The molecule has 2 heterocycles. The summed E-state index contributed by atoms with van der Waals surface area (Å²) in [4.78, 5) is 50.6. The van der Waals surface area contributed by atoms with Crippen LogP contribution in [0.15, 0.2) is 0 Å². The van der Waals surface area contributed by atoms with Crippen molar-refractivity contribution in [1.82, 2.24) is 9.80 Å². The molecule has 4 amide bonds. The molecule has 4 atom stereocenters. The molecule has 1 saturated carbocycles. The summed E-state index contributed by atoms with van der Waals surface area (Å²) in [6.45, 7) is 5.90. The van der Waals surface area contributed by atoms with Gasteiger partial charge in [-0.15, -0.1) is 0 Å². The minimum absolute atomic E-state index is 0.0282. The molecule has 0 aromatic rings. The molecule has 0 radical (unpaired) electrons. The molecule has 2 aliphatic heterocycles. The lowest BCUT2D eigenvalue weighted by Crippen LogP contribution is -2.35. The van der Waals surface area contributed by atoms with Crippen molar-refractivity contribution in [1.29, 1.82) is 0 Å². The third kappa shape index (κ3) is 15.9. The van der Waals surface area contributed by atoms with Gasteiger partial charge in [-0.1, -0.05) is 155 Å². The molecule has 3 rings (SSSR count). The van der Waals surface area contributed by atoms with E-state index < -0.39 is 0 Å². The highest BCUT2D eigenvalue weighted by Gasteiger charge is 2.38. The van der Waals surface area contributed by atoms with Gasteiger partial charge in [-0.3, -0.25) is 29.0 Å². The van der Waals surface area contributed by atoms with Gasteiger partial charge in [0.2, 0.25) is 23.6 Å². The number of carbonyl (C=O) groups is 4. The maximum Gasteiger partial charge on any atom is 0.229 e. The molecule has 50 heavy (non-hydrogen) atoms. The van der Waals surface area contributed by atoms with E-state index in [9.17, 15) is 19.2 Å². The first-order valence-corrected chi connectivity index (χ1v) is 22.1. The lowest BCUT2D eigenvalue weighted by Gasteiger charge is -2.44. The summed E-state index contributed by atoms with van der Waals surface area (Å²) in [5, 5.41) is 0. The minimum atomic E-state index is 0.0282. The topological polar surface area (TPSA) is 74.8 Å². The van der Waals surface area contributed by atoms with E-state index in [0.29, 0.717) is 38.8 Å². The van der Waals surface area contributed by atoms with E-state index in [1.165, 1.54) is 164 Å². The monoisotopic (exact) mass is 699 g/mol. The zero-order valence-electron chi connectivity index (χ0n) is 32.9. The van der Waals surface area contributed by atoms with Gasteiger partial charge in [-0.25, -0.2) is 0 Å². The first-order valence-electron chi connectivity index (χ1n) is 22.1. The standard InChI is InChI=1S/C44H78N2O4/c1-3-5-7-9-15-21-27-39-37(25-19-8-6-4-2)29-30-38(26-20-14-10-12-17-23-35-45-41(47)31-32-42(45)48)40(39)28-22-16-11-13-18-24-36-46-43(49)33-34-44(46)50/h37-40H,3-36H2,1-2H3. The van der Waals surface area contributed by atoms with E-state index in [4.69, 9.17) is 0 Å². The van der Waals surface area contributed by atoms with Crippen molar-refractivity contribution in [3.63, 3.8) is 0 Å². The lowest BCUT2D eigenvalue weighted by atomic mass is 9.61. The normalized spacial score (nSPS) is 22.8. The summed E-state index contributed by atoms with van der Waals surface area (Å²) in [6, 6.07) is 0. The van der Waals surface area contributed by atoms with Crippen molar-refractivity contribution < 1.29 is 19.2 Å². The molecular weight excluding hydrogens is 620 g/mol. The number of hydrogen-bond donors (Lipinski definition) is 0.